The first-order valence-corrected chi connectivity index (χ1v) is 5.10. The van der Waals surface area contributed by atoms with Crippen molar-refractivity contribution in [3.8, 4) is 0 Å². The Morgan fingerprint density at radius 1 is 1.29 bits per heavy atom. The van der Waals surface area contributed by atoms with Crippen LogP contribution >= 0.6 is 0 Å². The van der Waals surface area contributed by atoms with Crippen molar-refractivity contribution in [1.82, 2.24) is 5.32 Å². The molecule has 98 valence electrons. The summed E-state index contributed by atoms with van der Waals surface area (Å²) in [6.45, 7) is 6.61. The van der Waals surface area contributed by atoms with Crippen LogP contribution in [0.1, 0.15) is 34.1 Å². The molecule has 0 fully saturated rings. The van der Waals surface area contributed by atoms with Gasteiger partial charge in [-0.05, 0) is 27.2 Å². The lowest BCUT2D eigenvalue weighted by molar-refractivity contribution is -0.141. The summed E-state index contributed by atoms with van der Waals surface area (Å²) >= 11 is 0. The highest BCUT2D eigenvalue weighted by Crippen LogP contribution is 2.07. The second-order valence-corrected chi connectivity index (χ2v) is 4.29. The minimum absolute atomic E-state index is 0.200. The topological polar surface area (TPSA) is 102 Å². The van der Waals surface area contributed by atoms with Gasteiger partial charge in [-0.15, -0.1) is 0 Å². The maximum Gasteiger partial charge on any atom is 0.513 e. The summed E-state index contributed by atoms with van der Waals surface area (Å²) in [5, 5.41) is 10.5. The van der Waals surface area contributed by atoms with Gasteiger partial charge in [-0.25, -0.2) is 14.4 Å². The summed E-state index contributed by atoms with van der Waals surface area (Å²) in [6.07, 6.45) is -2.31. The predicted molar refractivity (Wildman–Crippen MR) is 57.6 cm³/mol. The predicted octanol–water partition coefficient (Wildman–Crippen LogP) is 1.51. The van der Waals surface area contributed by atoms with Gasteiger partial charge < -0.3 is 19.9 Å². The molecule has 2 N–H and O–H groups in total. The molecule has 7 heteroatoms. The molecule has 0 saturated heterocycles. The Balaban J connectivity index is 4.35. The zero-order valence-electron chi connectivity index (χ0n) is 10.3. The van der Waals surface area contributed by atoms with Crippen LogP contribution in [0.3, 0.4) is 0 Å². The molecule has 0 rings (SSSR count). The smallest absolute Gasteiger partial charge is 0.449 e. The Kier molecular flexibility index (Phi) is 5.43. The summed E-state index contributed by atoms with van der Waals surface area (Å²) in [7, 11) is 0. The standard InChI is InChI=1S/C10H17NO6/c1-5-6(7(12)16-9(14)15)11-8(13)17-10(2,3)4/h6H,5H2,1-4H3,(H,11,13)(H,14,15)/t6-/m0/s1. The fraction of sp³-hybridized carbons (Fsp3) is 0.700. The van der Waals surface area contributed by atoms with Gasteiger partial charge in [0.15, 0.2) is 0 Å². The minimum Gasteiger partial charge on any atom is -0.449 e. The lowest BCUT2D eigenvalue weighted by Gasteiger charge is -2.21. The first-order chi connectivity index (χ1) is 7.65. The lowest BCUT2D eigenvalue weighted by atomic mass is 10.2. The molecule has 0 aliphatic rings. The second kappa shape index (κ2) is 6.07. The van der Waals surface area contributed by atoms with Crippen molar-refractivity contribution in [2.75, 3.05) is 0 Å². The maximum absolute atomic E-state index is 11.3. The molecule has 0 aliphatic heterocycles. The lowest BCUT2D eigenvalue weighted by Crippen LogP contribution is -2.44. The third kappa shape index (κ3) is 7.15. The van der Waals surface area contributed by atoms with E-state index in [-0.39, 0.29) is 6.42 Å². The van der Waals surface area contributed by atoms with E-state index >= 15 is 0 Å². The second-order valence-electron chi connectivity index (χ2n) is 4.29. The molecule has 0 unspecified atom stereocenters. The van der Waals surface area contributed by atoms with Crippen molar-refractivity contribution in [3.05, 3.63) is 0 Å². The van der Waals surface area contributed by atoms with Crippen molar-refractivity contribution in [1.29, 1.82) is 0 Å². The van der Waals surface area contributed by atoms with Crippen LogP contribution in [0, 0.1) is 0 Å². The quantitative estimate of drug-likeness (QED) is 0.579. The van der Waals surface area contributed by atoms with E-state index in [0.29, 0.717) is 0 Å². The number of carboxylic acid groups (broad SMARTS) is 1. The van der Waals surface area contributed by atoms with Crippen molar-refractivity contribution in [2.24, 2.45) is 0 Å². The van der Waals surface area contributed by atoms with Gasteiger partial charge in [0.2, 0.25) is 0 Å². The van der Waals surface area contributed by atoms with Gasteiger partial charge in [-0.2, -0.15) is 0 Å². The fourth-order valence-electron chi connectivity index (χ4n) is 0.935. The average molecular weight is 247 g/mol. The third-order valence-electron chi connectivity index (χ3n) is 1.57. The highest BCUT2D eigenvalue weighted by atomic mass is 16.7. The van der Waals surface area contributed by atoms with E-state index in [2.05, 4.69) is 10.1 Å². The van der Waals surface area contributed by atoms with Gasteiger partial charge >= 0.3 is 18.2 Å². The monoisotopic (exact) mass is 247 g/mol. The number of hydrogen-bond acceptors (Lipinski definition) is 5. The largest absolute Gasteiger partial charge is 0.513 e. The molecule has 0 radical (unpaired) electrons. The Labute approximate surface area is 99.1 Å². The Bertz CT molecular complexity index is 306. The van der Waals surface area contributed by atoms with Crippen LogP contribution in [0.25, 0.3) is 0 Å². The molecule has 0 aliphatic carbocycles. The molecule has 0 heterocycles. The van der Waals surface area contributed by atoms with E-state index in [1.54, 1.807) is 27.7 Å². The Hall–Kier alpha value is -1.79. The maximum atomic E-state index is 11.3. The highest BCUT2D eigenvalue weighted by molar-refractivity contribution is 5.87. The number of esters is 1. The zero-order chi connectivity index (χ0) is 13.6. The SMILES string of the molecule is CC[C@H](NC(=O)OC(C)(C)C)C(=O)OC(=O)O. The van der Waals surface area contributed by atoms with Crippen LogP contribution in [0.2, 0.25) is 0 Å². The van der Waals surface area contributed by atoms with Gasteiger partial charge in [-0.1, -0.05) is 6.92 Å². The molecule has 0 aromatic heterocycles. The molecular weight excluding hydrogens is 230 g/mol. The van der Waals surface area contributed by atoms with Crippen LogP contribution in [-0.4, -0.2) is 35.0 Å². The highest BCUT2D eigenvalue weighted by Gasteiger charge is 2.25. The van der Waals surface area contributed by atoms with Crippen molar-refractivity contribution in [3.63, 3.8) is 0 Å². The van der Waals surface area contributed by atoms with Crippen LogP contribution in [-0.2, 0) is 14.3 Å². The molecule has 1 amide bonds. The van der Waals surface area contributed by atoms with Crippen LogP contribution in [0.15, 0.2) is 0 Å². The first-order valence-electron chi connectivity index (χ1n) is 5.10. The van der Waals surface area contributed by atoms with E-state index in [1.165, 1.54) is 0 Å². The minimum atomic E-state index is -1.71. The molecule has 0 saturated carbocycles. The summed E-state index contributed by atoms with van der Waals surface area (Å²) in [4.78, 5) is 32.7. The molecule has 17 heavy (non-hydrogen) atoms. The van der Waals surface area contributed by atoms with Gasteiger partial charge in [0.1, 0.15) is 11.6 Å². The Morgan fingerprint density at radius 2 is 1.82 bits per heavy atom. The molecule has 0 bridgehead atoms. The summed E-state index contributed by atoms with van der Waals surface area (Å²) in [5.41, 5.74) is -0.695. The van der Waals surface area contributed by atoms with Crippen LogP contribution in [0.5, 0.6) is 0 Å². The van der Waals surface area contributed by atoms with Crippen molar-refractivity contribution < 1.29 is 29.0 Å². The first kappa shape index (κ1) is 15.2. The van der Waals surface area contributed by atoms with Gasteiger partial charge in [0.05, 0.1) is 0 Å². The number of carbonyl (C=O) groups is 3. The molecule has 1 atom stereocenters. The van der Waals surface area contributed by atoms with Crippen molar-refractivity contribution in [2.45, 2.75) is 45.8 Å². The average Bonchev–Trinajstić information content (AvgIpc) is 2.09. The number of ether oxygens (including phenoxy) is 2. The van der Waals surface area contributed by atoms with Gasteiger partial charge in [0, 0.05) is 0 Å². The van der Waals surface area contributed by atoms with E-state index in [4.69, 9.17) is 9.84 Å². The molecule has 0 spiro atoms. The Morgan fingerprint density at radius 3 is 2.18 bits per heavy atom. The van der Waals surface area contributed by atoms with E-state index in [0.717, 1.165) is 0 Å². The normalized spacial score (nSPS) is 12.5. The van der Waals surface area contributed by atoms with Gasteiger partial charge in [-0.3, -0.25) is 0 Å². The molecular formula is C10H17NO6. The summed E-state index contributed by atoms with van der Waals surface area (Å²) < 4.78 is 8.86. The van der Waals surface area contributed by atoms with E-state index in [1.807, 2.05) is 0 Å². The van der Waals surface area contributed by atoms with E-state index < -0.39 is 29.9 Å². The fourth-order valence-corrected chi connectivity index (χ4v) is 0.935. The van der Waals surface area contributed by atoms with E-state index in [9.17, 15) is 14.4 Å². The van der Waals surface area contributed by atoms with Gasteiger partial charge in [0.25, 0.3) is 0 Å². The molecule has 7 nitrogen and oxygen atoms in total. The molecule has 0 aromatic carbocycles. The number of alkyl carbamates (subject to hydrolysis) is 1. The third-order valence-corrected chi connectivity index (χ3v) is 1.57. The van der Waals surface area contributed by atoms with Crippen LogP contribution < -0.4 is 5.32 Å². The number of amides is 1. The number of carbonyl (C=O) groups excluding carboxylic acids is 2. The number of nitrogens with one attached hydrogen (secondary N) is 1. The summed E-state index contributed by atoms with van der Waals surface area (Å²) in [5.74, 6) is -1.04. The van der Waals surface area contributed by atoms with Crippen LogP contribution in [0.4, 0.5) is 9.59 Å². The van der Waals surface area contributed by atoms with Crippen molar-refractivity contribution >= 4 is 18.2 Å². The zero-order valence-corrected chi connectivity index (χ0v) is 10.3. The number of rotatable bonds is 3. The number of hydrogen-bond donors (Lipinski definition) is 2. The molecule has 0 aromatic rings. The summed E-state index contributed by atoms with van der Waals surface area (Å²) in [6, 6.07) is -1.04.